The molecule has 0 saturated carbocycles. The van der Waals surface area contributed by atoms with Crippen LogP contribution in [-0.4, -0.2) is 74.0 Å². The Bertz CT molecular complexity index is 1760. The van der Waals surface area contributed by atoms with Crippen molar-refractivity contribution in [2.24, 2.45) is 7.05 Å². The number of carbonyl (C=O) groups is 2. The van der Waals surface area contributed by atoms with Gasteiger partial charge in [0.2, 0.25) is 0 Å². The molecular formula is C32H34N8O2. The van der Waals surface area contributed by atoms with Gasteiger partial charge < -0.3 is 15.1 Å². The maximum absolute atomic E-state index is 13.4. The summed E-state index contributed by atoms with van der Waals surface area (Å²) in [7, 11) is 4.02. The molecule has 10 heteroatoms. The molecule has 6 rings (SSSR count). The summed E-state index contributed by atoms with van der Waals surface area (Å²) in [6, 6.07) is 15.8. The van der Waals surface area contributed by atoms with Crippen LogP contribution in [0.3, 0.4) is 0 Å². The summed E-state index contributed by atoms with van der Waals surface area (Å²) in [4.78, 5) is 40.2. The smallest absolute Gasteiger partial charge is 0.253 e. The molecule has 0 unspecified atom stereocenters. The molecule has 5 heterocycles. The molecule has 0 aliphatic carbocycles. The second-order valence-electron chi connectivity index (χ2n) is 10.8. The number of nitrogens with zero attached hydrogens (tertiary/aromatic N) is 7. The molecule has 1 aliphatic rings. The number of benzene rings is 1. The van der Waals surface area contributed by atoms with Crippen molar-refractivity contribution in [3.8, 4) is 11.3 Å². The van der Waals surface area contributed by atoms with Crippen molar-refractivity contribution in [1.29, 1.82) is 0 Å². The van der Waals surface area contributed by atoms with Gasteiger partial charge in [-0.05, 0) is 55.4 Å². The van der Waals surface area contributed by atoms with E-state index in [2.05, 4.69) is 49.4 Å². The van der Waals surface area contributed by atoms with Crippen LogP contribution in [0, 0.1) is 6.92 Å². The van der Waals surface area contributed by atoms with Gasteiger partial charge in [-0.2, -0.15) is 5.10 Å². The number of amides is 1. The normalized spacial score (nSPS) is 13.9. The van der Waals surface area contributed by atoms with Crippen LogP contribution < -0.4 is 10.2 Å². The summed E-state index contributed by atoms with van der Waals surface area (Å²) in [5.74, 6) is -0.318. The predicted octanol–water partition coefficient (Wildman–Crippen LogP) is 3.55. The quantitative estimate of drug-likeness (QED) is 0.289. The van der Waals surface area contributed by atoms with Gasteiger partial charge in [0.15, 0.2) is 5.78 Å². The van der Waals surface area contributed by atoms with Crippen LogP contribution in [0.15, 0.2) is 73.3 Å². The standard InChI is InChI=1S/C32H34N8O2/c1-22-25(17-30(41)29-21-34-31-18-23(9-11-40(29)31)27-8-10-36-38(27)3)16-26(20-33-22)32(42)35-19-24-6-4-5-7-28(24)39-14-12-37(2)13-15-39/h4-11,16,18,20-21H,12-15,17,19H2,1-3H3,(H,35,42). The number of ketones is 1. The molecule has 1 aliphatic heterocycles. The molecular weight excluding hydrogens is 528 g/mol. The molecule has 0 radical (unpaired) electrons. The number of para-hydroxylation sites is 1. The highest BCUT2D eigenvalue weighted by atomic mass is 16.1. The van der Waals surface area contributed by atoms with Gasteiger partial charge in [-0.1, -0.05) is 18.2 Å². The number of carbonyl (C=O) groups excluding carboxylic acids is 2. The summed E-state index contributed by atoms with van der Waals surface area (Å²) < 4.78 is 3.59. The highest BCUT2D eigenvalue weighted by Gasteiger charge is 2.19. The van der Waals surface area contributed by atoms with E-state index >= 15 is 0 Å². The first-order valence-electron chi connectivity index (χ1n) is 14.1. The zero-order valence-corrected chi connectivity index (χ0v) is 24.1. The van der Waals surface area contributed by atoms with Gasteiger partial charge in [0.1, 0.15) is 11.3 Å². The summed E-state index contributed by atoms with van der Waals surface area (Å²) in [6.07, 6.45) is 6.88. The number of aryl methyl sites for hydroxylation is 2. The average molecular weight is 563 g/mol. The van der Waals surface area contributed by atoms with Crippen LogP contribution in [0.2, 0.25) is 0 Å². The van der Waals surface area contributed by atoms with Gasteiger partial charge in [-0.25, -0.2) is 4.98 Å². The summed E-state index contributed by atoms with van der Waals surface area (Å²) >= 11 is 0. The molecule has 0 atom stereocenters. The van der Waals surface area contributed by atoms with Crippen molar-refractivity contribution in [3.05, 3.63) is 101 Å². The Morgan fingerprint density at radius 2 is 1.74 bits per heavy atom. The van der Waals surface area contributed by atoms with Crippen LogP contribution in [0.1, 0.15) is 37.7 Å². The van der Waals surface area contributed by atoms with Crippen LogP contribution in [0.5, 0.6) is 0 Å². The molecule has 1 N–H and O–H groups in total. The van der Waals surface area contributed by atoms with E-state index in [4.69, 9.17) is 0 Å². The summed E-state index contributed by atoms with van der Waals surface area (Å²) in [5.41, 5.74) is 7.18. The molecule has 4 aromatic heterocycles. The third-order valence-corrected chi connectivity index (χ3v) is 8.00. The highest BCUT2D eigenvalue weighted by molar-refractivity contribution is 5.98. The lowest BCUT2D eigenvalue weighted by molar-refractivity contribution is 0.0947. The minimum Gasteiger partial charge on any atom is -0.369 e. The monoisotopic (exact) mass is 562 g/mol. The Morgan fingerprint density at radius 1 is 0.929 bits per heavy atom. The van der Waals surface area contributed by atoms with Crippen molar-refractivity contribution in [1.82, 2.24) is 34.4 Å². The second-order valence-corrected chi connectivity index (χ2v) is 10.8. The fourth-order valence-corrected chi connectivity index (χ4v) is 5.44. The van der Waals surface area contributed by atoms with E-state index in [1.807, 2.05) is 50.5 Å². The molecule has 0 spiro atoms. The van der Waals surface area contributed by atoms with Gasteiger partial charge in [0.05, 0.1) is 17.5 Å². The number of aromatic nitrogens is 5. The Labute approximate surface area is 244 Å². The molecule has 1 aromatic carbocycles. The van der Waals surface area contributed by atoms with Crippen LogP contribution >= 0.6 is 0 Å². The second kappa shape index (κ2) is 11.6. The zero-order chi connectivity index (χ0) is 29.2. The number of imidazole rings is 1. The lowest BCUT2D eigenvalue weighted by atomic mass is 10.0. The largest absolute Gasteiger partial charge is 0.369 e. The number of fused-ring (bicyclic) bond motifs is 1. The molecule has 214 valence electrons. The number of hydrogen-bond donors (Lipinski definition) is 1. The first-order valence-corrected chi connectivity index (χ1v) is 14.1. The maximum Gasteiger partial charge on any atom is 0.253 e. The van der Waals surface area contributed by atoms with Crippen LogP contribution in [0.4, 0.5) is 5.69 Å². The van der Waals surface area contributed by atoms with E-state index in [1.54, 1.807) is 33.7 Å². The number of piperazine rings is 1. The minimum absolute atomic E-state index is 0.0978. The van der Waals surface area contributed by atoms with Gasteiger partial charge in [0.25, 0.3) is 5.91 Å². The van der Waals surface area contributed by atoms with Gasteiger partial charge in [-0.15, -0.1) is 0 Å². The third kappa shape index (κ3) is 5.53. The van der Waals surface area contributed by atoms with Crippen molar-refractivity contribution >= 4 is 23.0 Å². The van der Waals surface area contributed by atoms with E-state index in [1.165, 1.54) is 0 Å². The third-order valence-electron chi connectivity index (χ3n) is 8.00. The maximum atomic E-state index is 13.4. The molecule has 0 bridgehead atoms. The number of rotatable bonds is 8. The predicted molar refractivity (Wildman–Crippen MR) is 162 cm³/mol. The lowest BCUT2D eigenvalue weighted by Crippen LogP contribution is -2.45. The van der Waals surface area contributed by atoms with Crippen molar-refractivity contribution < 1.29 is 9.59 Å². The minimum atomic E-state index is -0.220. The van der Waals surface area contributed by atoms with Crippen molar-refractivity contribution in [2.75, 3.05) is 38.1 Å². The molecule has 10 nitrogen and oxygen atoms in total. The average Bonchev–Trinajstić information content (AvgIpc) is 3.63. The van der Waals surface area contributed by atoms with E-state index < -0.39 is 0 Å². The van der Waals surface area contributed by atoms with Gasteiger partial charge in [-0.3, -0.25) is 23.7 Å². The number of pyridine rings is 2. The van der Waals surface area contributed by atoms with E-state index in [9.17, 15) is 9.59 Å². The van der Waals surface area contributed by atoms with E-state index in [0.29, 0.717) is 34.7 Å². The SMILES string of the molecule is Cc1ncc(C(=O)NCc2ccccc2N2CCN(C)CC2)cc1CC(=O)c1cnc2cc(-c3ccnn3C)ccn12. The van der Waals surface area contributed by atoms with Crippen LogP contribution in [0.25, 0.3) is 16.9 Å². The molecule has 1 fully saturated rings. The number of anilines is 1. The first-order chi connectivity index (χ1) is 20.4. The zero-order valence-electron chi connectivity index (χ0n) is 24.1. The Kier molecular flexibility index (Phi) is 7.54. The first kappa shape index (κ1) is 27.3. The Morgan fingerprint density at radius 3 is 2.52 bits per heavy atom. The molecule has 5 aromatic rings. The fourth-order valence-electron chi connectivity index (χ4n) is 5.44. The lowest BCUT2D eigenvalue weighted by Gasteiger charge is -2.35. The summed E-state index contributed by atoms with van der Waals surface area (Å²) in [5, 5.41) is 7.29. The van der Waals surface area contributed by atoms with Crippen molar-refractivity contribution in [2.45, 2.75) is 19.9 Å². The fraction of sp³-hybridized carbons (Fsp3) is 0.281. The molecule has 42 heavy (non-hydrogen) atoms. The number of nitrogens with one attached hydrogen (secondary N) is 1. The Hall–Kier alpha value is -4.83. The summed E-state index contributed by atoms with van der Waals surface area (Å²) in [6.45, 7) is 6.20. The van der Waals surface area contributed by atoms with Crippen LogP contribution in [-0.2, 0) is 20.0 Å². The Balaban J connectivity index is 1.15. The van der Waals surface area contributed by atoms with E-state index in [-0.39, 0.29) is 18.1 Å². The molecule has 1 saturated heterocycles. The number of Topliss-reactive ketones (excluding diaryl/α,β-unsaturated/α-hetero) is 1. The van der Waals surface area contributed by atoms with Gasteiger partial charge >= 0.3 is 0 Å². The van der Waals surface area contributed by atoms with E-state index in [0.717, 1.165) is 48.7 Å². The topological polar surface area (TPSA) is 101 Å². The van der Waals surface area contributed by atoms with Crippen molar-refractivity contribution in [3.63, 3.8) is 0 Å². The molecule has 1 amide bonds. The number of likely N-dealkylation sites (N-methyl/N-ethyl adjacent to an activating group) is 1. The number of hydrogen-bond acceptors (Lipinski definition) is 7. The highest BCUT2D eigenvalue weighted by Crippen LogP contribution is 2.23. The van der Waals surface area contributed by atoms with Gasteiger partial charge in [0, 0.05) is 81.7 Å².